The Morgan fingerprint density at radius 1 is 0.917 bits per heavy atom. The van der Waals surface area contributed by atoms with E-state index in [2.05, 4.69) is 25.1 Å². The maximum absolute atomic E-state index is 12.8. The van der Waals surface area contributed by atoms with E-state index in [1.165, 1.54) is 48.1 Å². The zero-order chi connectivity index (χ0) is 16.7. The average molecular weight is 323 g/mol. The molecule has 2 atom stereocenters. The topological polar surface area (TPSA) is 37.4 Å². The van der Waals surface area contributed by atoms with E-state index < -0.39 is 0 Å². The molecule has 0 spiro atoms. The number of amides is 2. The smallest absolute Gasteiger partial charge is 0.238 e. The second kappa shape index (κ2) is 6.19. The number of carbonyl (C=O) groups is 2. The molecule has 3 nitrogen and oxygen atoms in total. The van der Waals surface area contributed by atoms with Crippen LogP contribution in [-0.2, 0) is 9.59 Å². The highest BCUT2D eigenvalue weighted by Crippen LogP contribution is 2.40. The van der Waals surface area contributed by atoms with Crippen LogP contribution >= 0.6 is 0 Å². The number of rotatable bonds is 2. The van der Waals surface area contributed by atoms with E-state index >= 15 is 0 Å². The van der Waals surface area contributed by atoms with Gasteiger partial charge in [-0.3, -0.25) is 14.5 Å². The van der Waals surface area contributed by atoms with Crippen molar-refractivity contribution in [2.75, 3.05) is 4.90 Å². The van der Waals surface area contributed by atoms with E-state index in [4.69, 9.17) is 0 Å². The molecule has 24 heavy (non-hydrogen) atoms. The first-order chi connectivity index (χ1) is 11.6. The summed E-state index contributed by atoms with van der Waals surface area (Å²) in [5.74, 6) is 0.314. The number of benzene rings is 1. The van der Waals surface area contributed by atoms with Crippen molar-refractivity contribution in [1.82, 2.24) is 0 Å². The molecule has 2 fully saturated rings. The fraction of sp³-hybridized carbons (Fsp3) is 0.524. The van der Waals surface area contributed by atoms with Crippen molar-refractivity contribution in [3.05, 3.63) is 41.5 Å². The summed E-state index contributed by atoms with van der Waals surface area (Å²) >= 11 is 0. The maximum Gasteiger partial charge on any atom is 0.238 e. The summed E-state index contributed by atoms with van der Waals surface area (Å²) in [7, 11) is 0. The van der Waals surface area contributed by atoms with E-state index in [1.54, 1.807) is 0 Å². The van der Waals surface area contributed by atoms with Crippen LogP contribution in [0.4, 0.5) is 5.69 Å². The van der Waals surface area contributed by atoms with Gasteiger partial charge in [0.05, 0.1) is 17.5 Å². The minimum atomic E-state index is -0.153. The van der Waals surface area contributed by atoms with Gasteiger partial charge >= 0.3 is 0 Å². The number of hydrogen-bond acceptors (Lipinski definition) is 2. The number of carbonyl (C=O) groups excluding carboxylic acids is 2. The summed E-state index contributed by atoms with van der Waals surface area (Å²) < 4.78 is 0. The summed E-state index contributed by atoms with van der Waals surface area (Å²) in [6.45, 7) is 2.05. The number of allylic oxidation sites excluding steroid dienone is 2. The highest BCUT2D eigenvalue weighted by molar-refractivity contribution is 6.22. The third kappa shape index (κ3) is 2.60. The number of nitrogens with zero attached hydrogens (tertiary/aromatic N) is 1. The molecule has 1 aromatic rings. The number of imide groups is 1. The second-order valence-electron chi connectivity index (χ2n) is 7.64. The molecule has 1 aliphatic heterocycles. The first-order valence-corrected chi connectivity index (χ1v) is 9.28. The summed E-state index contributed by atoms with van der Waals surface area (Å²) in [5.41, 5.74) is 3.33. The van der Waals surface area contributed by atoms with Gasteiger partial charge in [-0.15, -0.1) is 0 Å². The van der Waals surface area contributed by atoms with Gasteiger partial charge in [0.15, 0.2) is 0 Å². The summed E-state index contributed by atoms with van der Waals surface area (Å²) in [4.78, 5) is 26.9. The van der Waals surface area contributed by atoms with Gasteiger partial charge in [0.1, 0.15) is 0 Å². The minimum absolute atomic E-state index is 0.0112. The molecular formula is C21H25NO2. The largest absolute Gasteiger partial charge is 0.274 e. The van der Waals surface area contributed by atoms with Gasteiger partial charge in [0.2, 0.25) is 11.8 Å². The normalized spacial score (nSPS) is 28.0. The van der Waals surface area contributed by atoms with Gasteiger partial charge in [-0.2, -0.15) is 0 Å². The minimum Gasteiger partial charge on any atom is -0.274 e. The molecule has 4 rings (SSSR count). The lowest BCUT2D eigenvalue weighted by atomic mass is 9.82. The van der Waals surface area contributed by atoms with Gasteiger partial charge in [0, 0.05) is 0 Å². The number of hydrogen-bond donors (Lipinski definition) is 0. The molecular weight excluding hydrogens is 298 g/mol. The lowest BCUT2D eigenvalue weighted by Crippen LogP contribution is -2.30. The van der Waals surface area contributed by atoms with Crippen LogP contribution in [0.1, 0.15) is 63.4 Å². The molecule has 3 heteroatoms. The SMILES string of the molecule is CC1=CC[C@@H]2C(=O)N(c3ccc(C4CCCCC4)cc3)C(=O)[C@H]2C1. The number of anilines is 1. The van der Waals surface area contributed by atoms with Crippen LogP contribution in [0.3, 0.4) is 0 Å². The lowest BCUT2D eigenvalue weighted by Gasteiger charge is -2.23. The van der Waals surface area contributed by atoms with E-state index in [0.717, 1.165) is 12.1 Å². The van der Waals surface area contributed by atoms with Crippen LogP contribution in [0.25, 0.3) is 0 Å². The third-order valence-corrected chi connectivity index (χ3v) is 6.05. The summed E-state index contributed by atoms with van der Waals surface area (Å²) in [5, 5.41) is 0. The predicted molar refractivity (Wildman–Crippen MR) is 94.7 cm³/mol. The van der Waals surface area contributed by atoms with Crippen LogP contribution in [0.2, 0.25) is 0 Å². The van der Waals surface area contributed by atoms with Crippen molar-refractivity contribution in [3.8, 4) is 0 Å². The van der Waals surface area contributed by atoms with E-state index in [1.807, 2.05) is 12.1 Å². The fourth-order valence-electron chi connectivity index (χ4n) is 4.62. The lowest BCUT2D eigenvalue weighted by molar-refractivity contribution is -0.122. The molecule has 0 radical (unpaired) electrons. The molecule has 0 unspecified atom stereocenters. The zero-order valence-corrected chi connectivity index (χ0v) is 14.3. The molecule has 3 aliphatic rings. The first kappa shape index (κ1) is 15.6. The fourth-order valence-corrected chi connectivity index (χ4v) is 4.62. The molecule has 2 aliphatic carbocycles. The van der Waals surface area contributed by atoms with Crippen molar-refractivity contribution < 1.29 is 9.59 Å². The number of fused-ring (bicyclic) bond motifs is 1. The molecule has 0 bridgehead atoms. The molecule has 1 saturated heterocycles. The van der Waals surface area contributed by atoms with Crippen LogP contribution < -0.4 is 4.90 Å². The van der Waals surface area contributed by atoms with E-state index in [-0.39, 0.29) is 23.7 Å². The van der Waals surface area contributed by atoms with Crippen molar-refractivity contribution in [3.63, 3.8) is 0 Å². The van der Waals surface area contributed by atoms with Crippen LogP contribution in [-0.4, -0.2) is 11.8 Å². The molecule has 1 heterocycles. The van der Waals surface area contributed by atoms with Gasteiger partial charge in [0.25, 0.3) is 0 Å². The quantitative estimate of drug-likeness (QED) is 0.590. The third-order valence-electron chi connectivity index (χ3n) is 6.05. The van der Waals surface area contributed by atoms with Crippen molar-refractivity contribution in [2.24, 2.45) is 11.8 Å². The van der Waals surface area contributed by atoms with Crippen molar-refractivity contribution in [1.29, 1.82) is 0 Å². The maximum atomic E-state index is 12.8. The standard InChI is InChI=1S/C21H25NO2/c1-14-7-12-18-19(13-14)21(24)22(20(18)23)17-10-8-16(9-11-17)15-5-3-2-4-6-15/h7-11,15,18-19H,2-6,12-13H2,1H3/t18-,19-/m0/s1. The zero-order valence-electron chi connectivity index (χ0n) is 14.3. The summed E-state index contributed by atoms with van der Waals surface area (Å²) in [6, 6.07) is 8.18. The molecule has 1 saturated carbocycles. The molecule has 1 aromatic carbocycles. The molecule has 0 aromatic heterocycles. The second-order valence-corrected chi connectivity index (χ2v) is 7.64. The highest BCUT2D eigenvalue weighted by atomic mass is 16.2. The first-order valence-electron chi connectivity index (χ1n) is 9.28. The molecule has 2 amide bonds. The van der Waals surface area contributed by atoms with Crippen molar-refractivity contribution >= 4 is 17.5 Å². The Hall–Kier alpha value is -1.90. The summed E-state index contributed by atoms with van der Waals surface area (Å²) in [6.07, 6.45) is 10.0. The Bertz CT molecular complexity index is 682. The Morgan fingerprint density at radius 3 is 2.29 bits per heavy atom. The highest BCUT2D eigenvalue weighted by Gasteiger charge is 2.48. The van der Waals surface area contributed by atoms with Crippen LogP contribution in [0, 0.1) is 11.8 Å². The Balaban J connectivity index is 1.55. The van der Waals surface area contributed by atoms with Gasteiger partial charge in [-0.05, 0) is 56.2 Å². The van der Waals surface area contributed by atoms with Crippen LogP contribution in [0.15, 0.2) is 35.9 Å². The van der Waals surface area contributed by atoms with Gasteiger partial charge in [-0.25, -0.2) is 0 Å². The van der Waals surface area contributed by atoms with E-state index in [0.29, 0.717) is 12.3 Å². The van der Waals surface area contributed by atoms with Gasteiger partial charge in [-0.1, -0.05) is 43.0 Å². The average Bonchev–Trinajstić information content (AvgIpc) is 2.86. The predicted octanol–water partition coefficient (Wildman–Crippen LogP) is 4.58. The Morgan fingerprint density at radius 2 is 1.58 bits per heavy atom. The molecule has 126 valence electrons. The van der Waals surface area contributed by atoms with Crippen LogP contribution in [0.5, 0.6) is 0 Å². The van der Waals surface area contributed by atoms with Gasteiger partial charge < -0.3 is 0 Å². The molecule has 0 N–H and O–H groups in total. The monoisotopic (exact) mass is 323 g/mol. The Kier molecular flexibility index (Phi) is 4.03. The Labute approximate surface area is 143 Å². The van der Waals surface area contributed by atoms with E-state index in [9.17, 15) is 9.59 Å². The van der Waals surface area contributed by atoms with Crippen molar-refractivity contribution in [2.45, 2.75) is 57.8 Å².